The summed E-state index contributed by atoms with van der Waals surface area (Å²) in [6.07, 6.45) is 0. The molecule has 0 aliphatic rings. The van der Waals surface area contributed by atoms with Gasteiger partial charge in [0.1, 0.15) is 11.8 Å². The van der Waals surface area contributed by atoms with E-state index in [1.54, 1.807) is 13.2 Å². The summed E-state index contributed by atoms with van der Waals surface area (Å²) >= 11 is 3.35. The Labute approximate surface area is 103 Å². The minimum atomic E-state index is -0.486. The highest BCUT2D eigenvalue weighted by Crippen LogP contribution is 2.28. The number of nitrogens with zero attached hydrogens (tertiary/aromatic N) is 1. The third kappa shape index (κ3) is 3.20. The molecule has 0 fully saturated rings. The monoisotopic (exact) mass is 284 g/mol. The van der Waals surface area contributed by atoms with E-state index in [1.165, 1.54) is 0 Å². The van der Waals surface area contributed by atoms with E-state index in [4.69, 9.17) is 15.1 Å². The first-order chi connectivity index (χ1) is 7.72. The van der Waals surface area contributed by atoms with Gasteiger partial charge in [-0.3, -0.25) is 5.32 Å². The van der Waals surface area contributed by atoms with Crippen molar-refractivity contribution >= 4 is 15.9 Å². The SMILES string of the molecule is COc1ccc(Br)cc1C(C#N)NCCO. The number of hydrogen-bond acceptors (Lipinski definition) is 4. The van der Waals surface area contributed by atoms with Crippen molar-refractivity contribution in [2.24, 2.45) is 0 Å². The maximum atomic E-state index is 9.05. The average Bonchev–Trinajstić information content (AvgIpc) is 2.30. The van der Waals surface area contributed by atoms with Crippen molar-refractivity contribution in [1.82, 2.24) is 5.32 Å². The summed E-state index contributed by atoms with van der Waals surface area (Å²) in [4.78, 5) is 0. The van der Waals surface area contributed by atoms with Gasteiger partial charge in [0.25, 0.3) is 0 Å². The molecule has 0 saturated heterocycles. The van der Waals surface area contributed by atoms with Crippen molar-refractivity contribution < 1.29 is 9.84 Å². The molecular formula is C11H13BrN2O2. The van der Waals surface area contributed by atoms with Crippen LogP contribution in [0.3, 0.4) is 0 Å². The van der Waals surface area contributed by atoms with Crippen LogP contribution in [-0.4, -0.2) is 25.4 Å². The molecule has 1 atom stereocenters. The Morgan fingerprint density at radius 3 is 2.94 bits per heavy atom. The minimum absolute atomic E-state index is 0.00546. The molecule has 1 aromatic carbocycles. The van der Waals surface area contributed by atoms with Gasteiger partial charge in [0.2, 0.25) is 0 Å². The lowest BCUT2D eigenvalue weighted by atomic mass is 10.1. The number of benzene rings is 1. The molecule has 0 heterocycles. The number of aliphatic hydroxyl groups is 1. The van der Waals surface area contributed by atoms with Crippen LogP contribution in [0.2, 0.25) is 0 Å². The number of halogens is 1. The fourth-order valence-electron chi connectivity index (χ4n) is 1.36. The van der Waals surface area contributed by atoms with Gasteiger partial charge < -0.3 is 9.84 Å². The molecule has 1 unspecified atom stereocenters. The number of nitriles is 1. The van der Waals surface area contributed by atoms with Gasteiger partial charge in [-0.25, -0.2) is 0 Å². The van der Waals surface area contributed by atoms with Gasteiger partial charge in [-0.05, 0) is 18.2 Å². The average molecular weight is 285 g/mol. The highest BCUT2D eigenvalue weighted by molar-refractivity contribution is 9.10. The van der Waals surface area contributed by atoms with Crippen LogP contribution in [0.4, 0.5) is 0 Å². The number of hydrogen-bond donors (Lipinski definition) is 2. The van der Waals surface area contributed by atoms with E-state index in [0.717, 1.165) is 10.0 Å². The molecule has 0 spiro atoms. The van der Waals surface area contributed by atoms with E-state index < -0.39 is 6.04 Å². The largest absolute Gasteiger partial charge is 0.496 e. The van der Waals surface area contributed by atoms with E-state index in [-0.39, 0.29) is 6.61 Å². The van der Waals surface area contributed by atoms with Gasteiger partial charge in [-0.1, -0.05) is 15.9 Å². The summed E-state index contributed by atoms with van der Waals surface area (Å²) in [5, 5.41) is 20.7. The standard InChI is InChI=1S/C11H13BrN2O2/c1-16-11-3-2-8(12)6-9(11)10(7-13)14-4-5-15/h2-3,6,10,14-15H,4-5H2,1H3. The number of nitrogens with one attached hydrogen (secondary N) is 1. The Balaban J connectivity index is 2.98. The molecule has 0 saturated carbocycles. The van der Waals surface area contributed by atoms with Crippen LogP contribution >= 0.6 is 15.9 Å². The van der Waals surface area contributed by atoms with E-state index in [1.807, 2.05) is 12.1 Å². The Morgan fingerprint density at radius 2 is 2.38 bits per heavy atom. The van der Waals surface area contributed by atoms with Gasteiger partial charge in [0, 0.05) is 16.6 Å². The molecular weight excluding hydrogens is 272 g/mol. The highest BCUT2D eigenvalue weighted by Gasteiger charge is 2.15. The van der Waals surface area contributed by atoms with Gasteiger partial charge in [-0.15, -0.1) is 0 Å². The lowest BCUT2D eigenvalue weighted by molar-refractivity contribution is 0.288. The van der Waals surface area contributed by atoms with Gasteiger partial charge in [0.05, 0.1) is 19.8 Å². The van der Waals surface area contributed by atoms with Gasteiger partial charge in [-0.2, -0.15) is 5.26 Å². The molecule has 0 aromatic heterocycles. The Morgan fingerprint density at radius 1 is 1.62 bits per heavy atom. The van der Waals surface area contributed by atoms with Crippen LogP contribution < -0.4 is 10.1 Å². The number of methoxy groups -OCH3 is 1. The Kier molecular flexibility index (Phi) is 5.26. The molecule has 86 valence electrons. The van der Waals surface area contributed by atoms with Crippen LogP contribution in [0.1, 0.15) is 11.6 Å². The third-order valence-corrected chi connectivity index (χ3v) is 2.59. The van der Waals surface area contributed by atoms with Crippen LogP contribution in [0.25, 0.3) is 0 Å². The topological polar surface area (TPSA) is 65.3 Å². The Bertz CT molecular complexity index is 390. The molecule has 16 heavy (non-hydrogen) atoms. The molecule has 1 aromatic rings. The zero-order chi connectivity index (χ0) is 12.0. The summed E-state index contributed by atoms with van der Waals surface area (Å²) in [6.45, 7) is 0.363. The van der Waals surface area contributed by atoms with E-state index >= 15 is 0 Å². The normalized spacial score (nSPS) is 11.9. The molecule has 0 aliphatic heterocycles. The second-order valence-corrected chi connectivity index (χ2v) is 4.04. The van der Waals surface area contributed by atoms with Crippen molar-refractivity contribution in [3.8, 4) is 11.8 Å². The maximum absolute atomic E-state index is 9.05. The van der Waals surface area contributed by atoms with Crippen molar-refractivity contribution in [3.63, 3.8) is 0 Å². The minimum Gasteiger partial charge on any atom is -0.496 e. The zero-order valence-corrected chi connectivity index (χ0v) is 10.5. The van der Waals surface area contributed by atoms with Gasteiger partial charge >= 0.3 is 0 Å². The van der Waals surface area contributed by atoms with Crippen LogP contribution in [0.15, 0.2) is 22.7 Å². The molecule has 0 amide bonds. The van der Waals surface area contributed by atoms with Crippen LogP contribution in [0, 0.1) is 11.3 Å². The first kappa shape index (κ1) is 13.0. The lowest BCUT2D eigenvalue weighted by Gasteiger charge is -2.14. The summed E-state index contributed by atoms with van der Waals surface area (Å²) < 4.78 is 6.07. The van der Waals surface area contributed by atoms with Crippen molar-refractivity contribution in [3.05, 3.63) is 28.2 Å². The zero-order valence-electron chi connectivity index (χ0n) is 8.90. The van der Waals surface area contributed by atoms with E-state index in [0.29, 0.717) is 12.3 Å². The predicted octanol–water partition coefficient (Wildman–Crippen LogP) is 1.60. The number of rotatable bonds is 5. The van der Waals surface area contributed by atoms with Gasteiger partial charge in [0.15, 0.2) is 0 Å². The van der Waals surface area contributed by atoms with Crippen molar-refractivity contribution in [1.29, 1.82) is 5.26 Å². The molecule has 4 nitrogen and oxygen atoms in total. The fraction of sp³-hybridized carbons (Fsp3) is 0.364. The molecule has 0 bridgehead atoms. The van der Waals surface area contributed by atoms with Crippen LogP contribution in [-0.2, 0) is 0 Å². The summed E-state index contributed by atoms with van der Waals surface area (Å²) in [7, 11) is 1.56. The predicted molar refractivity (Wildman–Crippen MR) is 64.1 cm³/mol. The molecule has 5 heteroatoms. The van der Waals surface area contributed by atoms with E-state index in [2.05, 4.69) is 27.3 Å². The van der Waals surface area contributed by atoms with Crippen LogP contribution in [0.5, 0.6) is 5.75 Å². The number of ether oxygens (including phenoxy) is 1. The Hall–Kier alpha value is -1.09. The smallest absolute Gasteiger partial charge is 0.125 e. The quantitative estimate of drug-likeness (QED) is 0.862. The lowest BCUT2D eigenvalue weighted by Crippen LogP contribution is -2.23. The molecule has 2 N–H and O–H groups in total. The third-order valence-electron chi connectivity index (χ3n) is 2.09. The number of aliphatic hydroxyl groups excluding tert-OH is 1. The highest BCUT2D eigenvalue weighted by atomic mass is 79.9. The first-order valence-electron chi connectivity index (χ1n) is 4.80. The second-order valence-electron chi connectivity index (χ2n) is 3.13. The summed E-state index contributed by atoms with van der Waals surface area (Å²) in [5.41, 5.74) is 0.757. The summed E-state index contributed by atoms with van der Waals surface area (Å²) in [6, 6.07) is 7.12. The summed E-state index contributed by atoms with van der Waals surface area (Å²) in [5.74, 6) is 0.653. The maximum Gasteiger partial charge on any atom is 0.125 e. The van der Waals surface area contributed by atoms with Crippen molar-refractivity contribution in [2.75, 3.05) is 20.3 Å². The first-order valence-corrected chi connectivity index (χ1v) is 5.59. The fourth-order valence-corrected chi connectivity index (χ4v) is 1.74. The molecule has 0 radical (unpaired) electrons. The van der Waals surface area contributed by atoms with Crippen molar-refractivity contribution in [2.45, 2.75) is 6.04 Å². The van der Waals surface area contributed by atoms with E-state index in [9.17, 15) is 0 Å². The molecule has 0 aliphatic carbocycles. The molecule has 1 rings (SSSR count). The second kappa shape index (κ2) is 6.48.